The maximum atomic E-state index is 13.1. The van der Waals surface area contributed by atoms with E-state index in [4.69, 9.17) is 17.3 Å². The van der Waals surface area contributed by atoms with Crippen molar-refractivity contribution in [3.05, 3.63) is 45.8 Å². The van der Waals surface area contributed by atoms with E-state index in [2.05, 4.69) is 31.4 Å². The monoisotopic (exact) mass is 293 g/mol. The Balaban J connectivity index is 2.85. The second-order valence-electron chi connectivity index (χ2n) is 7.12. The summed E-state index contributed by atoms with van der Waals surface area (Å²) in [6.07, 6.45) is 0. The molecular formula is C12H18B6ClNO. The summed E-state index contributed by atoms with van der Waals surface area (Å²) in [5.74, 6) is -0.0302. The summed E-state index contributed by atoms with van der Waals surface area (Å²) in [4.78, 5) is 13.1. The Hall–Kier alpha value is -0.730. The predicted molar refractivity (Wildman–Crippen MR) is 106 cm³/mol. The minimum absolute atomic E-state index is 0.0302. The van der Waals surface area contributed by atoms with Crippen molar-refractivity contribution in [1.29, 1.82) is 0 Å². The van der Waals surface area contributed by atoms with Gasteiger partial charge in [0.25, 0.3) is 0 Å². The molecule has 2 rings (SSSR count). The molecule has 0 heterocycles. The van der Waals surface area contributed by atoms with E-state index < -0.39 is 10.8 Å². The Labute approximate surface area is 137 Å². The van der Waals surface area contributed by atoms with Crippen molar-refractivity contribution in [3.8, 4) is 0 Å². The maximum Gasteiger partial charge on any atom is 0.171 e. The average molecular weight is 293 g/mol. The highest BCUT2D eigenvalue weighted by Gasteiger charge is 2.59. The number of carbonyl (C=O) groups excluding carboxylic acids is 1. The van der Waals surface area contributed by atoms with Gasteiger partial charge in [0, 0.05) is 5.02 Å². The van der Waals surface area contributed by atoms with Crippen LogP contribution in [-0.2, 0) is 10.3 Å². The lowest BCUT2D eigenvalue weighted by Gasteiger charge is -2.58. The predicted octanol–water partition coefficient (Wildman–Crippen LogP) is -3.68. The molecule has 1 atom stereocenters. The molecule has 0 amide bonds. The molecule has 1 aromatic rings. The molecule has 1 aromatic carbocycles. The van der Waals surface area contributed by atoms with Gasteiger partial charge in [0.2, 0.25) is 0 Å². The van der Waals surface area contributed by atoms with Crippen molar-refractivity contribution in [1.82, 2.24) is 0 Å². The smallest absolute Gasteiger partial charge is 0.171 e. The van der Waals surface area contributed by atoms with Crippen LogP contribution >= 0.6 is 11.6 Å². The maximum absolute atomic E-state index is 13.1. The van der Waals surface area contributed by atoms with Crippen LogP contribution in [0, 0.1) is 0 Å². The van der Waals surface area contributed by atoms with E-state index in [0.717, 1.165) is 10.9 Å². The molecule has 0 spiro atoms. The molecule has 0 saturated heterocycles. The van der Waals surface area contributed by atoms with Crippen LogP contribution in [0.1, 0.15) is 5.56 Å². The number of allylic oxidation sites excluding steroid dienone is 1. The Kier molecular flexibility index (Phi) is 3.87. The number of halogens is 1. The number of Topliss-reactive ketones (excluding diaryl/α,β-unsaturated/α-hetero) is 1. The Bertz CT molecular complexity index is 659. The van der Waals surface area contributed by atoms with Crippen LogP contribution in [0.4, 0.5) is 0 Å². The topological polar surface area (TPSA) is 43.1 Å². The number of nitrogens with two attached hydrogens (primary N) is 1. The number of benzene rings is 1. The van der Waals surface area contributed by atoms with Crippen LogP contribution in [-0.4, -0.2) is 52.9 Å². The molecule has 2 N–H and O–H groups in total. The molecule has 2 nitrogen and oxygen atoms in total. The number of carbonyl (C=O) groups is 1. The summed E-state index contributed by atoms with van der Waals surface area (Å²) in [6, 6.07) is 7.40. The molecule has 0 radical (unpaired) electrons. The number of rotatable bonds is 1. The van der Waals surface area contributed by atoms with E-state index in [-0.39, 0.29) is 11.0 Å². The van der Waals surface area contributed by atoms with Crippen LogP contribution in [0.25, 0.3) is 0 Å². The van der Waals surface area contributed by atoms with Crippen LogP contribution in [0.15, 0.2) is 35.2 Å². The van der Waals surface area contributed by atoms with E-state index in [9.17, 15) is 4.79 Å². The highest BCUT2D eigenvalue weighted by Crippen LogP contribution is 2.61. The second kappa shape index (κ2) is 4.89. The van der Waals surface area contributed by atoms with E-state index >= 15 is 0 Å². The highest BCUT2D eigenvalue weighted by atomic mass is 35.5. The third kappa shape index (κ3) is 1.95. The first-order valence-electron chi connectivity index (χ1n) is 7.26. The average Bonchev–Trinajstić information content (AvgIpc) is 2.43. The molecule has 102 valence electrons. The lowest BCUT2D eigenvalue weighted by Crippen LogP contribution is -2.63. The largest absolute Gasteiger partial charge is 0.316 e. The molecule has 0 aliphatic heterocycles. The first-order valence-corrected chi connectivity index (χ1v) is 7.64. The van der Waals surface area contributed by atoms with Crippen molar-refractivity contribution in [2.24, 2.45) is 5.73 Å². The van der Waals surface area contributed by atoms with Crippen molar-refractivity contribution in [2.45, 2.75) is 16.0 Å². The van der Waals surface area contributed by atoms with Gasteiger partial charge in [-0.3, -0.25) is 4.79 Å². The summed E-state index contributed by atoms with van der Waals surface area (Å²) in [5, 5.41) is -0.130. The fourth-order valence-electron chi connectivity index (χ4n) is 3.42. The Morgan fingerprint density at radius 3 is 2.10 bits per heavy atom. The minimum atomic E-state index is -1.13. The van der Waals surface area contributed by atoms with Gasteiger partial charge in [-0.25, -0.2) is 0 Å². The van der Waals surface area contributed by atoms with Gasteiger partial charge in [-0.2, -0.15) is 0 Å². The van der Waals surface area contributed by atoms with Crippen LogP contribution in [0.5, 0.6) is 0 Å². The number of hydrogen-bond acceptors (Lipinski definition) is 2. The molecular weight excluding hydrogens is 274 g/mol. The summed E-state index contributed by atoms with van der Waals surface area (Å²) in [6.45, 7) is 0. The van der Waals surface area contributed by atoms with Gasteiger partial charge in [-0.05, 0) is 11.6 Å². The van der Waals surface area contributed by atoms with Gasteiger partial charge in [-0.15, -0.1) is 5.47 Å². The lowest BCUT2D eigenvalue weighted by molar-refractivity contribution is -0.121. The van der Waals surface area contributed by atoms with Crippen molar-refractivity contribution >= 4 is 64.5 Å². The first kappa shape index (κ1) is 16.6. The quantitative estimate of drug-likeness (QED) is 0.542. The second-order valence-corrected chi connectivity index (χ2v) is 7.52. The van der Waals surface area contributed by atoms with Crippen molar-refractivity contribution in [2.75, 3.05) is 0 Å². The van der Waals surface area contributed by atoms with Gasteiger partial charge in [0.05, 0.1) is 5.54 Å². The third-order valence-electron chi connectivity index (χ3n) is 6.05. The minimum Gasteiger partial charge on any atom is -0.316 e. The molecule has 1 aliphatic rings. The van der Waals surface area contributed by atoms with E-state index in [1.807, 2.05) is 33.9 Å². The van der Waals surface area contributed by atoms with Crippen molar-refractivity contribution < 1.29 is 4.79 Å². The zero-order chi connectivity index (χ0) is 16.2. The van der Waals surface area contributed by atoms with E-state index in [0.29, 0.717) is 10.6 Å². The summed E-state index contributed by atoms with van der Waals surface area (Å²) in [7, 11) is 12.3. The zero-order valence-electron chi connectivity index (χ0n) is 13.7. The third-order valence-corrected chi connectivity index (χ3v) is 6.38. The van der Waals surface area contributed by atoms with E-state index in [1.54, 1.807) is 6.07 Å². The molecule has 21 heavy (non-hydrogen) atoms. The van der Waals surface area contributed by atoms with Crippen molar-refractivity contribution in [3.63, 3.8) is 0 Å². The molecule has 0 saturated carbocycles. The number of hydrogen-bond donors (Lipinski definition) is 1. The van der Waals surface area contributed by atoms with Crippen LogP contribution in [0.3, 0.4) is 0 Å². The van der Waals surface area contributed by atoms with Gasteiger partial charge >= 0.3 is 0 Å². The van der Waals surface area contributed by atoms with E-state index in [1.165, 1.54) is 0 Å². The van der Waals surface area contributed by atoms with Crippen LogP contribution < -0.4 is 5.73 Å². The zero-order valence-corrected chi connectivity index (χ0v) is 14.4. The van der Waals surface area contributed by atoms with Gasteiger partial charge < -0.3 is 5.73 Å². The normalized spacial score (nSPS) is 27.6. The molecule has 1 unspecified atom stereocenters. The molecule has 0 fully saturated rings. The lowest BCUT2D eigenvalue weighted by atomic mass is 9.19. The molecule has 9 heteroatoms. The highest BCUT2D eigenvalue weighted by molar-refractivity contribution is 6.64. The molecule has 1 aliphatic carbocycles. The Morgan fingerprint density at radius 2 is 1.57 bits per heavy atom. The summed E-state index contributed by atoms with van der Waals surface area (Å²) in [5.41, 5.74) is 8.20. The first-order chi connectivity index (χ1) is 9.49. The molecule has 0 bridgehead atoms. The summed E-state index contributed by atoms with van der Waals surface area (Å²) >= 11 is 6.37. The van der Waals surface area contributed by atoms with Gasteiger partial charge in [0.15, 0.2) is 5.78 Å². The molecule has 0 aromatic heterocycles. The fraction of sp³-hybridized carbons (Fsp3) is 0.250. The Morgan fingerprint density at radius 1 is 1.05 bits per heavy atom. The van der Waals surface area contributed by atoms with Gasteiger partial charge in [0.1, 0.15) is 47.1 Å². The SMILES string of the molecule is BC1=C(B)C(B)(B)C(B)(B)C(N)(c2ccccc2Cl)C1=O. The van der Waals surface area contributed by atoms with Crippen LogP contribution in [0.2, 0.25) is 15.5 Å². The van der Waals surface area contributed by atoms with Gasteiger partial charge in [-0.1, -0.05) is 45.7 Å². The fourth-order valence-corrected chi connectivity index (χ4v) is 3.71. The number of ketones is 1. The standard InChI is InChI=1S/C12H18B6ClNO/c13-7-8(14)11(15,16)12(17,18)10(20,9(7)21)5-3-1-2-4-6(5)19/h1-4H,13-18,20H2. The summed E-state index contributed by atoms with van der Waals surface area (Å²) < 4.78 is 0.